The van der Waals surface area contributed by atoms with Crippen molar-refractivity contribution in [3.05, 3.63) is 46.6 Å². The van der Waals surface area contributed by atoms with E-state index in [9.17, 15) is 31.2 Å². The highest BCUT2D eigenvalue weighted by Gasteiger charge is 2.22. The van der Waals surface area contributed by atoms with Gasteiger partial charge in [0.15, 0.2) is 0 Å². The molecule has 0 bridgehead atoms. The number of rotatable bonds is 14. The van der Waals surface area contributed by atoms with Gasteiger partial charge in [0.05, 0.1) is 33.8 Å². The molecule has 2 aromatic carbocycles. The van der Waals surface area contributed by atoms with Crippen molar-refractivity contribution in [2.45, 2.75) is 49.3 Å². The minimum Gasteiger partial charge on any atom is -0.456 e. The number of methoxy groups -OCH3 is 2. The molecule has 14 nitrogen and oxygen atoms in total. The zero-order valence-corrected chi connectivity index (χ0v) is 28.7. The van der Waals surface area contributed by atoms with Crippen molar-refractivity contribution in [2.75, 3.05) is 53.6 Å². The van der Waals surface area contributed by atoms with Gasteiger partial charge in [-0.2, -0.15) is 0 Å². The molecule has 1 fully saturated rings. The van der Waals surface area contributed by atoms with Crippen LogP contribution in [0.5, 0.6) is 0 Å². The summed E-state index contributed by atoms with van der Waals surface area (Å²) in [6.07, 6.45) is 4.70. The van der Waals surface area contributed by atoms with Crippen molar-refractivity contribution in [3.8, 4) is 0 Å². The topological polar surface area (TPSA) is 199 Å². The van der Waals surface area contributed by atoms with E-state index in [4.69, 9.17) is 13.9 Å². The Kier molecular flexibility index (Phi) is 14.3. The van der Waals surface area contributed by atoms with Gasteiger partial charge in [0.1, 0.15) is 11.2 Å². The Morgan fingerprint density at radius 1 is 0.766 bits per heavy atom. The van der Waals surface area contributed by atoms with Gasteiger partial charge in [-0.05, 0) is 67.5 Å². The average molecular weight is 697 g/mol. The molecule has 16 heteroatoms. The number of hydrogen-bond acceptors (Lipinski definition) is 10. The Hall–Kier alpha value is -3.41. The number of ether oxygens (including phenoxy) is 2. The highest BCUT2D eigenvalue weighted by molar-refractivity contribution is 7.89. The number of carbonyl (C=O) groups excluding carboxylic acids is 2. The van der Waals surface area contributed by atoms with Crippen LogP contribution in [0.25, 0.3) is 21.9 Å². The largest absolute Gasteiger partial charge is 0.456 e. The molecule has 47 heavy (non-hydrogen) atoms. The Morgan fingerprint density at radius 2 is 1.19 bits per heavy atom. The second-order valence-corrected chi connectivity index (χ2v) is 14.8. The summed E-state index contributed by atoms with van der Waals surface area (Å²) in [5.74, 6) is 1.25. The van der Waals surface area contributed by atoms with E-state index < -0.39 is 25.5 Å². The third kappa shape index (κ3) is 11.4. The van der Waals surface area contributed by atoms with Crippen molar-refractivity contribution in [2.24, 2.45) is 11.8 Å². The fraction of sp³-hybridized carbons (Fsp3) is 0.516. The SMILES string of the molecule is CC(=O)NCC1CCCC(CNC(C)=O)C1.COCCNS(=O)(=O)c1ccc2oc3ccc(S(=O)(=O)NCCOC)cc3c(=O)c2c1. The van der Waals surface area contributed by atoms with Crippen molar-refractivity contribution < 1.29 is 40.3 Å². The highest BCUT2D eigenvalue weighted by Crippen LogP contribution is 2.28. The first-order valence-electron chi connectivity index (χ1n) is 15.2. The Bertz CT molecular complexity index is 1690. The van der Waals surface area contributed by atoms with E-state index in [1.807, 2.05) is 0 Å². The normalized spacial score (nSPS) is 16.8. The molecule has 2 amide bonds. The van der Waals surface area contributed by atoms with Gasteiger partial charge in [0.2, 0.25) is 37.3 Å². The molecule has 0 aliphatic heterocycles. The van der Waals surface area contributed by atoms with Crippen molar-refractivity contribution in [1.82, 2.24) is 20.1 Å². The van der Waals surface area contributed by atoms with Crippen LogP contribution < -0.4 is 25.5 Å². The third-order valence-corrected chi connectivity index (χ3v) is 10.5. The predicted octanol–water partition coefficient (Wildman–Crippen LogP) is 1.86. The molecule has 0 saturated heterocycles. The number of sulfonamides is 2. The monoisotopic (exact) mass is 696 g/mol. The van der Waals surface area contributed by atoms with E-state index in [0.717, 1.165) is 19.5 Å². The minimum atomic E-state index is -3.87. The summed E-state index contributed by atoms with van der Waals surface area (Å²) in [5.41, 5.74) is -0.177. The molecule has 2 unspecified atom stereocenters. The van der Waals surface area contributed by atoms with Crippen LogP contribution in [0.4, 0.5) is 0 Å². The summed E-state index contributed by atoms with van der Waals surface area (Å²) in [4.78, 5) is 34.4. The third-order valence-electron chi connectivity index (χ3n) is 7.60. The summed E-state index contributed by atoms with van der Waals surface area (Å²) in [6, 6.07) is 7.83. The van der Waals surface area contributed by atoms with Gasteiger partial charge in [-0.1, -0.05) is 6.42 Å². The Balaban J connectivity index is 0.000000316. The molecule has 1 aliphatic carbocycles. The number of benzene rings is 2. The average Bonchev–Trinajstić information content (AvgIpc) is 3.03. The van der Waals surface area contributed by atoms with Gasteiger partial charge in [-0.3, -0.25) is 14.4 Å². The minimum absolute atomic E-state index is 0.0176. The second kappa shape index (κ2) is 17.7. The lowest BCUT2D eigenvalue weighted by Crippen LogP contribution is -2.34. The Morgan fingerprint density at radius 3 is 1.57 bits per heavy atom. The summed E-state index contributed by atoms with van der Waals surface area (Å²) >= 11 is 0. The smallest absolute Gasteiger partial charge is 0.240 e. The van der Waals surface area contributed by atoms with E-state index in [1.54, 1.807) is 13.8 Å². The van der Waals surface area contributed by atoms with E-state index in [0.29, 0.717) is 11.8 Å². The van der Waals surface area contributed by atoms with Crippen molar-refractivity contribution in [3.63, 3.8) is 0 Å². The van der Waals surface area contributed by atoms with Gasteiger partial charge in [0.25, 0.3) is 0 Å². The molecular weight excluding hydrogens is 652 g/mol. The zero-order chi connectivity index (χ0) is 34.6. The lowest BCUT2D eigenvalue weighted by atomic mass is 9.81. The molecule has 0 radical (unpaired) electrons. The van der Waals surface area contributed by atoms with Gasteiger partial charge >= 0.3 is 0 Å². The summed E-state index contributed by atoms with van der Waals surface area (Å²) in [7, 11) is -4.84. The molecule has 4 N–H and O–H groups in total. The van der Waals surface area contributed by atoms with E-state index in [2.05, 4.69) is 20.1 Å². The van der Waals surface area contributed by atoms with E-state index >= 15 is 0 Å². The first kappa shape index (κ1) is 38.0. The molecule has 1 aliphatic rings. The second-order valence-electron chi connectivity index (χ2n) is 11.3. The summed E-state index contributed by atoms with van der Waals surface area (Å²) in [6.45, 7) is 5.19. The summed E-state index contributed by atoms with van der Waals surface area (Å²) in [5, 5.41) is 5.78. The van der Waals surface area contributed by atoms with Crippen LogP contribution in [-0.4, -0.2) is 82.3 Å². The molecule has 4 rings (SSSR count). The predicted molar refractivity (Wildman–Crippen MR) is 177 cm³/mol. The number of nitrogens with one attached hydrogen (secondary N) is 4. The number of hydrogen-bond donors (Lipinski definition) is 4. The van der Waals surface area contributed by atoms with Crippen LogP contribution in [0.15, 0.2) is 55.4 Å². The maximum Gasteiger partial charge on any atom is 0.240 e. The van der Waals surface area contributed by atoms with Gasteiger partial charge in [-0.15, -0.1) is 0 Å². The van der Waals surface area contributed by atoms with Crippen LogP contribution in [0.1, 0.15) is 39.5 Å². The van der Waals surface area contributed by atoms with Gasteiger partial charge < -0.3 is 24.5 Å². The van der Waals surface area contributed by atoms with Crippen LogP contribution in [0.2, 0.25) is 0 Å². The maximum absolute atomic E-state index is 13.0. The molecule has 0 spiro atoms. The molecule has 3 aromatic rings. The molecule has 2 atom stereocenters. The number of fused-ring (bicyclic) bond motifs is 2. The van der Waals surface area contributed by atoms with Crippen molar-refractivity contribution in [1.29, 1.82) is 0 Å². The molecule has 1 heterocycles. The van der Waals surface area contributed by atoms with Crippen LogP contribution >= 0.6 is 0 Å². The fourth-order valence-corrected chi connectivity index (χ4v) is 7.30. The van der Waals surface area contributed by atoms with Gasteiger partial charge in [0, 0.05) is 54.2 Å². The first-order chi connectivity index (χ1) is 22.3. The van der Waals surface area contributed by atoms with E-state index in [1.165, 1.54) is 69.9 Å². The zero-order valence-electron chi connectivity index (χ0n) is 27.1. The Labute approximate surface area is 275 Å². The number of carbonyl (C=O) groups is 2. The standard InChI is InChI=1S/C19H22N2O8S2.C12H22N2O2/c1-27-9-7-20-30(23,24)13-3-5-17-15(11-13)19(22)16-12-14(4-6-18(16)29-17)31(25,26)21-8-10-28-2;1-9(15)13-7-11-4-3-5-12(6-11)8-14-10(2)16/h3-6,11-12,20-21H,7-10H2,1-2H3;11-12H,3-8H2,1-2H3,(H,13,15)(H,14,16). The van der Waals surface area contributed by atoms with Crippen LogP contribution in [0, 0.1) is 11.8 Å². The van der Waals surface area contributed by atoms with E-state index in [-0.39, 0.29) is 69.8 Å². The highest BCUT2D eigenvalue weighted by atomic mass is 32.2. The summed E-state index contributed by atoms with van der Waals surface area (Å²) < 4.78 is 69.8. The first-order valence-corrected chi connectivity index (χ1v) is 18.2. The van der Waals surface area contributed by atoms with Crippen molar-refractivity contribution >= 4 is 53.8 Å². The maximum atomic E-state index is 13.0. The number of amides is 2. The molecule has 1 saturated carbocycles. The van der Waals surface area contributed by atoms with Crippen LogP contribution in [-0.2, 0) is 39.1 Å². The molecule has 1 aromatic heterocycles. The van der Waals surface area contributed by atoms with Gasteiger partial charge in [-0.25, -0.2) is 26.3 Å². The fourth-order valence-electron chi connectivity index (χ4n) is 5.22. The molecule has 260 valence electrons. The van der Waals surface area contributed by atoms with Crippen LogP contribution in [0.3, 0.4) is 0 Å². The molecular formula is C31H44N4O10S2. The quantitative estimate of drug-likeness (QED) is 0.143. The lowest BCUT2D eigenvalue weighted by Gasteiger charge is -2.29. The lowest BCUT2D eigenvalue weighted by molar-refractivity contribution is -0.119.